The molecule has 0 amide bonds. The summed E-state index contributed by atoms with van der Waals surface area (Å²) in [6.45, 7) is 5.08. The summed E-state index contributed by atoms with van der Waals surface area (Å²) in [5.74, 6) is 1.73. The maximum Gasteiger partial charge on any atom is 0.137 e. The molecule has 0 aliphatic rings. The van der Waals surface area contributed by atoms with Crippen molar-refractivity contribution in [3.05, 3.63) is 35.7 Å². The molecular weight excluding hydrogens is 214 g/mol. The molecule has 1 aromatic carbocycles. The van der Waals surface area contributed by atoms with Gasteiger partial charge in [-0.1, -0.05) is 0 Å². The molecule has 17 heavy (non-hydrogen) atoms. The first-order valence-electron chi connectivity index (χ1n) is 5.73. The molecule has 2 rings (SSSR count). The summed E-state index contributed by atoms with van der Waals surface area (Å²) < 4.78 is 5.40. The monoisotopic (exact) mass is 231 g/mol. The minimum atomic E-state index is 0.458. The van der Waals surface area contributed by atoms with Crippen LogP contribution >= 0.6 is 0 Å². The van der Waals surface area contributed by atoms with Crippen LogP contribution in [0.1, 0.15) is 18.3 Å². The van der Waals surface area contributed by atoms with Crippen LogP contribution in [0.5, 0.6) is 5.75 Å². The molecule has 0 atom stereocenters. The van der Waals surface area contributed by atoms with E-state index in [1.807, 2.05) is 38.1 Å². The van der Waals surface area contributed by atoms with E-state index < -0.39 is 0 Å². The van der Waals surface area contributed by atoms with Gasteiger partial charge in [0.15, 0.2) is 0 Å². The number of hydrogen-bond donors (Lipinski definition) is 2. The Morgan fingerprint density at radius 3 is 2.53 bits per heavy atom. The average molecular weight is 231 g/mol. The van der Waals surface area contributed by atoms with E-state index in [1.165, 1.54) is 0 Å². The minimum absolute atomic E-state index is 0.458. The van der Waals surface area contributed by atoms with Crippen molar-refractivity contribution in [1.29, 1.82) is 0 Å². The number of aryl methyl sites for hydroxylation is 1. The molecule has 1 heterocycles. The summed E-state index contributed by atoms with van der Waals surface area (Å²) in [5, 5.41) is 0. The number of nitrogens with one attached hydrogen (secondary N) is 1. The highest BCUT2D eigenvalue weighted by Crippen LogP contribution is 2.21. The van der Waals surface area contributed by atoms with Gasteiger partial charge in [0, 0.05) is 17.8 Å². The van der Waals surface area contributed by atoms with Crippen molar-refractivity contribution in [1.82, 2.24) is 9.97 Å². The predicted octanol–water partition coefficient (Wildman–Crippen LogP) is 2.24. The highest BCUT2D eigenvalue weighted by atomic mass is 16.5. The largest absolute Gasteiger partial charge is 0.494 e. The van der Waals surface area contributed by atoms with E-state index in [2.05, 4.69) is 9.97 Å². The first kappa shape index (κ1) is 11.7. The molecule has 0 fully saturated rings. The molecule has 0 saturated carbocycles. The minimum Gasteiger partial charge on any atom is -0.494 e. The Labute approximate surface area is 101 Å². The zero-order valence-corrected chi connectivity index (χ0v) is 10.2. The van der Waals surface area contributed by atoms with Gasteiger partial charge in [-0.2, -0.15) is 0 Å². The maximum atomic E-state index is 5.60. The van der Waals surface area contributed by atoms with Crippen molar-refractivity contribution in [3.8, 4) is 17.1 Å². The van der Waals surface area contributed by atoms with Crippen molar-refractivity contribution < 1.29 is 4.74 Å². The van der Waals surface area contributed by atoms with Crippen LogP contribution in [0, 0.1) is 6.92 Å². The highest BCUT2D eigenvalue weighted by Gasteiger charge is 2.06. The SMILES string of the molecule is CCOc1ccc(-c2nc(CN)c(C)[nH]2)cc1. The summed E-state index contributed by atoms with van der Waals surface area (Å²) in [7, 11) is 0. The molecule has 0 saturated heterocycles. The molecule has 0 radical (unpaired) electrons. The number of H-pyrrole nitrogens is 1. The molecule has 1 aromatic heterocycles. The number of nitrogens with two attached hydrogens (primary N) is 1. The third-order valence-corrected chi connectivity index (χ3v) is 2.62. The molecule has 4 heteroatoms. The molecule has 0 aliphatic heterocycles. The van der Waals surface area contributed by atoms with Gasteiger partial charge in [0.05, 0.1) is 12.3 Å². The van der Waals surface area contributed by atoms with Crippen molar-refractivity contribution in [2.45, 2.75) is 20.4 Å². The quantitative estimate of drug-likeness (QED) is 0.848. The van der Waals surface area contributed by atoms with Gasteiger partial charge < -0.3 is 15.5 Å². The summed E-state index contributed by atoms with van der Waals surface area (Å²) in [6, 6.07) is 7.87. The Hall–Kier alpha value is -1.81. The molecule has 0 bridgehead atoms. The number of rotatable bonds is 4. The lowest BCUT2D eigenvalue weighted by Crippen LogP contribution is -1.98. The van der Waals surface area contributed by atoms with Crippen LogP contribution in [-0.2, 0) is 6.54 Å². The van der Waals surface area contributed by atoms with E-state index >= 15 is 0 Å². The topological polar surface area (TPSA) is 63.9 Å². The molecule has 0 unspecified atom stereocenters. The van der Waals surface area contributed by atoms with Crippen LogP contribution in [0.4, 0.5) is 0 Å². The smallest absolute Gasteiger partial charge is 0.137 e. The number of benzene rings is 1. The number of ether oxygens (including phenoxy) is 1. The first-order chi connectivity index (χ1) is 8.24. The Morgan fingerprint density at radius 1 is 1.29 bits per heavy atom. The van der Waals surface area contributed by atoms with Gasteiger partial charge in [0.25, 0.3) is 0 Å². The van der Waals surface area contributed by atoms with E-state index in [0.717, 1.165) is 28.5 Å². The Morgan fingerprint density at radius 2 is 2.00 bits per heavy atom. The van der Waals surface area contributed by atoms with Gasteiger partial charge in [-0.3, -0.25) is 0 Å². The number of aromatic nitrogens is 2. The number of nitrogens with zero attached hydrogens (tertiary/aromatic N) is 1. The molecule has 0 aliphatic carbocycles. The fraction of sp³-hybridized carbons (Fsp3) is 0.308. The van der Waals surface area contributed by atoms with Gasteiger partial charge in [-0.05, 0) is 38.1 Å². The fourth-order valence-corrected chi connectivity index (χ4v) is 1.71. The zero-order chi connectivity index (χ0) is 12.3. The molecule has 0 spiro atoms. The third-order valence-electron chi connectivity index (χ3n) is 2.62. The fourth-order valence-electron chi connectivity index (χ4n) is 1.71. The van der Waals surface area contributed by atoms with E-state index in [-0.39, 0.29) is 0 Å². The summed E-state index contributed by atoms with van der Waals surface area (Å²) in [6.07, 6.45) is 0. The second-order valence-corrected chi connectivity index (χ2v) is 3.82. The number of imidazole rings is 1. The van der Waals surface area contributed by atoms with Gasteiger partial charge >= 0.3 is 0 Å². The number of hydrogen-bond acceptors (Lipinski definition) is 3. The van der Waals surface area contributed by atoms with Gasteiger partial charge in [0.1, 0.15) is 11.6 Å². The van der Waals surface area contributed by atoms with Crippen LogP contribution in [0.3, 0.4) is 0 Å². The van der Waals surface area contributed by atoms with Gasteiger partial charge in [0.2, 0.25) is 0 Å². The van der Waals surface area contributed by atoms with Gasteiger partial charge in [-0.15, -0.1) is 0 Å². The Bertz CT molecular complexity index is 488. The van der Waals surface area contributed by atoms with Crippen LogP contribution in [0.25, 0.3) is 11.4 Å². The summed E-state index contributed by atoms with van der Waals surface area (Å²) >= 11 is 0. The van der Waals surface area contributed by atoms with Crippen molar-refractivity contribution in [2.75, 3.05) is 6.61 Å². The second kappa shape index (κ2) is 5.01. The number of aromatic amines is 1. The molecule has 90 valence electrons. The molecule has 2 aromatic rings. The zero-order valence-electron chi connectivity index (χ0n) is 10.2. The van der Waals surface area contributed by atoms with Gasteiger partial charge in [-0.25, -0.2) is 4.98 Å². The van der Waals surface area contributed by atoms with E-state index in [1.54, 1.807) is 0 Å². The van der Waals surface area contributed by atoms with Crippen LogP contribution < -0.4 is 10.5 Å². The van der Waals surface area contributed by atoms with Crippen molar-refractivity contribution >= 4 is 0 Å². The Balaban J connectivity index is 2.26. The third kappa shape index (κ3) is 2.47. The van der Waals surface area contributed by atoms with Crippen LogP contribution in [0.2, 0.25) is 0 Å². The first-order valence-corrected chi connectivity index (χ1v) is 5.73. The van der Waals surface area contributed by atoms with Crippen LogP contribution in [0.15, 0.2) is 24.3 Å². The molecule has 4 nitrogen and oxygen atoms in total. The lowest BCUT2D eigenvalue weighted by atomic mass is 10.2. The van der Waals surface area contributed by atoms with Crippen molar-refractivity contribution in [3.63, 3.8) is 0 Å². The summed E-state index contributed by atoms with van der Waals surface area (Å²) in [5.41, 5.74) is 8.58. The highest BCUT2D eigenvalue weighted by molar-refractivity contribution is 5.57. The molecule has 3 N–H and O–H groups in total. The normalized spacial score (nSPS) is 10.5. The maximum absolute atomic E-state index is 5.60. The predicted molar refractivity (Wildman–Crippen MR) is 67.8 cm³/mol. The molecular formula is C13H17N3O. The lowest BCUT2D eigenvalue weighted by Gasteiger charge is -2.03. The van der Waals surface area contributed by atoms with E-state index in [9.17, 15) is 0 Å². The van der Waals surface area contributed by atoms with E-state index in [4.69, 9.17) is 10.5 Å². The summed E-state index contributed by atoms with van der Waals surface area (Å²) in [4.78, 5) is 7.68. The second-order valence-electron chi connectivity index (χ2n) is 3.82. The average Bonchev–Trinajstić information content (AvgIpc) is 2.72. The standard InChI is InChI=1S/C13H17N3O/c1-3-17-11-6-4-10(5-7-11)13-15-9(2)12(8-14)16-13/h4-7H,3,8,14H2,1-2H3,(H,15,16). The lowest BCUT2D eigenvalue weighted by molar-refractivity contribution is 0.340. The van der Waals surface area contributed by atoms with Crippen molar-refractivity contribution in [2.24, 2.45) is 5.73 Å². The van der Waals surface area contributed by atoms with Crippen LogP contribution in [-0.4, -0.2) is 16.6 Å². The van der Waals surface area contributed by atoms with E-state index in [0.29, 0.717) is 13.2 Å². The Kier molecular flexibility index (Phi) is 3.44.